The molecule has 0 bridgehead atoms. The van der Waals surface area contributed by atoms with Crippen molar-refractivity contribution in [1.29, 1.82) is 0 Å². The monoisotopic (exact) mass is 299 g/mol. The van der Waals surface area contributed by atoms with E-state index in [-0.39, 0.29) is 13.0 Å². The quantitative estimate of drug-likeness (QED) is 0.775. The summed E-state index contributed by atoms with van der Waals surface area (Å²) in [7, 11) is 1.26. The summed E-state index contributed by atoms with van der Waals surface area (Å²) in [6, 6.07) is -0.900. The van der Waals surface area contributed by atoms with Crippen LogP contribution in [0.4, 0.5) is 13.2 Å². The predicted octanol–water partition coefficient (Wildman–Crippen LogP) is 0.748. The Labute approximate surface area is 113 Å². The second-order valence-electron chi connectivity index (χ2n) is 4.32. The Kier molecular flexibility index (Phi) is 5.75. The van der Waals surface area contributed by atoms with Crippen LogP contribution < -0.4 is 5.32 Å². The minimum atomic E-state index is -4.95. The molecule has 0 aromatic rings. The van der Waals surface area contributed by atoms with E-state index in [9.17, 15) is 22.8 Å². The Morgan fingerprint density at radius 1 is 1.35 bits per heavy atom. The smallest absolute Gasteiger partial charge is 0.463 e. The van der Waals surface area contributed by atoms with Gasteiger partial charge in [-0.1, -0.05) is 0 Å². The summed E-state index contributed by atoms with van der Waals surface area (Å²) in [6.45, 7) is 1.23. The summed E-state index contributed by atoms with van der Waals surface area (Å²) in [5.41, 5.74) is 0. The molecule has 1 aliphatic heterocycles. The molecular formula is C11H16F3NO5. The van der Waals surface area contributed by atoms with Crippen molar-refractivity contribution in [3.63, 3.8) is 0 Å². The number of nitrogens with one attached hydrogen (secondary N) is 1. The highest BCUT2D eigenvalue weighted by molar-refractivity contribution is 5.82. The molecule has 0 saturated carbocycles. The van der Waals surface area contributed by atoms with Gasteiger partial charge in [0.1, 0.15) is 6.61 Å². The van der Waals surface area contributed by atoms with Crippen molar-refractivity contribution < 1.29 is 37.0 Å². The van der Waals surface area contributed by atoms with Crippen LogP contribution in [0, 0.1) is 0 Å². The molecule has 1 saturated heterocycles. The van der Waals surface area contributed by atoms with E-state index in [1.165, 1.54) is 14.0 Å². The molecule has 1 rings (SSSR count). The van der Waals surface area contributed by atoms with E-state index < -0.39 is 36.5 Å². The molecule has 1 heterocycles. The third kappa shape index (κ3) is 4.97. The number of amides is 1. The Morgan fingerprint density at radius 2 is 2.00 bits per heavy atom. The molecule has 1 fully saturated rings. The second kappa shape index (κ2) is 6.89. The number of hydrogen-bond acceptors (Lipinski definition) is 5. The zero-order valence-electron chi connectivity index (χ0n) is 11.0. The molecule has 1 aliphatic rings. The number of rotatable bonds is 4. The number of methoxy groups -OCH3 is 1. The first-order chi connectivity index (χ1) is 9.24. The summed E-state index contributed by atoms with van der Waals surface area (Å²) in [5.74, 6) is -2.51. The van der Waals surface area contributed by atoms with Crippen molar-refractivity contribution in [2.24, 2.45) is 0 Å². The first-order valence-corrected chi connectivity index (χ1v) is 5.93. The lowest BCUT2D eigenvalue weighted by molar-refractivity contribution is -0.212. The van der Waals surface area contributed by atoms with Crippen molar-refractivity contribution >= 4 is 11.9 Å². The first-order valence-electron chi connectivity index (χ1n) is 5.93. The lowest BCUT2D eigenvalue weighted by Gasteiger charge is -2.35. The summed E-state index contributed by atoms with van der Waals surface area (Å²) in [5, 5.41) is 1.82. The number of esters is 1. The molecule has 0 aliphatic carbocycles. The summed E-state index contributed by atoms with van der Waals surface area (Å²) in [6.07, 6.45) is -5.87. The molecule has 3 atom stereocenters. The number of carbonyl (C=O) groups excluding carboxylic acids is 2. The van der Waals surface area contributed by atoms with Gasteiger partial charge in [-0.05, 0) is 12.8 Å². The van der Waals surface area contributed by atoms with Crippen LogP contribution in [0.5, 0.6) is 0 Å². The SMILES string of the molecule is CO[C@H]1O[C@H](COC(C)=O)CC[C@H]1NC(=O)C(F)(F)F. The Morgan fingerprint density at radius 3 is 2.50 bits per heavy atom. The van der Waals surface area contributed by atoms with E-state index in [4.69, 9.17) is 14.2 Å². The van der Waals surface area contributed by atoms with E-state index in [1.807, 2.05) is 5.32 Å². The van der Waals surface area contributed by atoms with Crippen molar-refractivity contribution in [1.82, 2.24) is 5.32 Å². The fourth-order valence-corrected chi connectivity index (χ4v) is 1.80. The molecule has 0 spiro atoms. The Bertz CT molecular complexity index is 360. The standard InChI is InChI=1S/C11H16F3NO5/c1-6(16)19-5-7-3-4-8(9(18-2)20-7)15-10(17)11(12,13)14/h7-9H,3-5H2,1-2H3,(H,15,17)/t7-,8+,9-/m0/s1. The van der Waals surface area contributed by atoms with Gasteiger partial charge in [-0.15, -0.1) is 0 Å². The van der Waals surface area contributed by atoms with Crippen LogP contribution in [0.2, 0.25) is 0 Å². The Balaban J connectivity index is 2.52. The van der Waals surface area contributed by atoms with Crippen LogP contribution >= 0.6 is 0 Å². The number of carbonyl (C=O) groups is 2. The highest BCUT2D eigenvalue weighted by Gasteiger charge is 2.42. The van der Waals surface area contributed by atoms with Gasteiger partial charge in [-0.25, -0.2) is 0 Å². The molecule has 0 unspecified atom stereocenters. The van der Waals surface area contributed by atoms with Gasteiger partial charge < -0.3 is 19.5 Å². The van der Waals surface area contributed by atoms with Crippen LogP contribution in [-0.4, -0.2) is 50.2 Å². The van der Waals surface area contributed by atoms with E-state index >= 15 is 0 Å². The van der Waals surface area contributed by atoms with Crippen LogP contribution in [0.1, 0.15) is 19.8 Å². The van der Waals surface area contributed by atoms with Crippen molar-refractivity contribution in [3.8, 4) is 0 Å². The van der Waals surface area contributed by atoms with Gasteiger partial charge in [0.25, 0.3) is 0 Å². The zero-order chi connectivity index (χ0) is 15.3. The van der Waals surface area contributed by atoms with Crippen LogP contribution in [0.25, 0.3) is 0 Å². The second-order valence-corrected chi connectivity index (χ2v) is 4.32. The minimum Gasteiger partial charge on any atom is -0.463 e. The maximum absolute atomic E-state index is 12.2. The third-order valence-corrected chi connectivity index (χ3v) is 2.73. The molecular weight excluding hydrogens is 283 g/mol. The highest BCUT2D eigenvalue weighted by Crippen LogP contribution is 2.22. The van der Waals surface area contributed by atoms with Gasteiger partial charge in [0.15, 0.2) is 6.29 Å². The van der Waals surface area contributed by atoms with E-state index in [0.29, 0.717) is 6.42 Å². The van der Waals surface area contributed by atoms with E-state index in [0.717, 1.165) is 0 Å². The number of halogens is 3. The minimum absolute atomic E-state index is 0.00483. The topological polar surface area (TPSA) is 73.9 Å². The largest absolute Gasteiger partial charge is 0.471 e. The molecule has 6 nitrogen and oxygen atoms in total. The molecule has 20 heavy (non-hydrogen) atoms. The van der Waals surface area contributed by atoms with Crippen molar-refractivity contribution in [3.05, 3.63) is 0 Å². The maximum Gasteiger partial charge on any atom is 0.471 e. The fourth-order valence-electron chi connectivity index (χ4n) is 1.80. The molecule has 0 radical (unpaired) electrons. The van der Waals surface area contributed by atoms with Gasteiger partial charge in [-0.2, -0.15) is 13.2 Å². The van der Waals surface area contributed by atoms with Crippen molar-refractivity contribution in [2.75, 3.05) is 13.7 Å². The van der Waals surface area contributed by atoms with Gasteiger partial charge >= 0.3 is 18.1 Å². The fraction of sp³-hybridized carbons (Fsp3) is 0.818. The molecule has 1 amide bonds. The first kappa shape index (κ1) is 16.7. The van der Waals surface area contributed by atoms with Crippen LogP contribution in [0.3, 0.4) is 0 Å². The zero-order valence-corrected chi connectivity index (χ0v) is 11.0. The number of hydrogen-bond donors (Lipinski definition) is 1. The molecule has 0 aromatic carbocycles. The maximum atomic E-state index is 12.2. The van der Waals surface area contributed by atoms with E-state index in [1.54, 1.807) is 0 Å². The van der Waals surface area contributed by atoms with Gasteiger partial charge in [-0.3, -0.25) is 9.59 Å². The summed E-state index contributed by atoms with van der Waals surface area (Å²) >= 11 is 0. The highest BCUT2D eigenvalue weighted by atomic mass is 19.4. The lowest BCUT2D eigenvalue weighted by Crippen LogP contribution is -2.53. The summed E-state index contributed by atoms with van der Waals surface area (Å²) in [4.78, 5) is 21.5. The van der Waals surface area contributed by atoms with E-state index in [2.05, 4.69) is 0 Å². The number of ether oxygens (including phenoxy) is 3. The van der Waals surface area contributed by atoms with Gasteiger partial charge in [0.05, 0.1) is 12.1 Å². The van der Waals surface area contributed by atoms with Crippen LogP contribution in [-0.2, 0) is 23.8 Å². The Hall–Kier alpha value is -1.35. The molecule has 116 valence electrons. The number of alkyl halides is 3. The van der Waals surface area contributed by atoms with Gasteiger partial charge in [0, 0.05) is 14.0 Å². The normalized spacial score (nSPS) is 26.9. The molecule has 9 heteroatoms. The molecule has 1 N–H and O–H groups in total. The summed E-state index contributed by atoms with van der Waals surface area (Å²) < 4.78 is 51.5. The third-order valence-electron chi connectivity index (χ3n) is 2.73. The molecule has 0 aromatic heterocycles. The van der Waals surface area contributed by atoms with Crippen LogP contribution in [0.15, 0.2) is 0 Å². The van der Waals surface area contributed by atoms with Gasteiger partial charge in [0.2, 0.25) is 0 Å². The predicted molar refractivity (Wildman–Crippen MR) is 59.5 cm³/mol. The van der Waals surface area contributed by atoms with Crippen molar-refractivity contribution in [2.45, 2.75) is 44.4 Å². The average Bonchev–Trinajstić information content (AvgIpc) is 2.36. The lowest BCUT2D eigenvalue weighted by atomic mass is 10.0. The average molecular weight is 299 g/mol.